The third-order valence-electron chi connectivity index (χ3n) is 11.1. The van der Waals surface area contributed by atoms with Crippen LogP contribution in [0.1, 0.15) is 0 Å². The number of pyridine rings is 6. The molecule has 0 amide bonds. The second-order valence-electron chi connectivity index (χ2n) is 14.9. The highest BCUT2D eigenvalue weighted by atomic mass is 15.0. The van der Waals surface area contributed by atoms with Crippen LogP contribution in [0.3, 0.4) is 0 Å². The zero-order valence-corrected chi connectivity index (χ0v) is 32.8. The van der Waals surface area contributed by atoms with Crippen molar-refractivity contribution in [2.45, 2.75) is 0 Å². The molecule has 0 saturated carbocycles. The highest BCUT2D eigenvalue weighted by molar-refractivity contribution is 6.10. The summed E-state index contributed by atoms with van der Waals surface area (Å²) in [6.45, 7) is 0. The van der Waals surface area contributed by atoms with Crippen molar-refractivity contribution in [3.8, 4) is 84.1 Å². The van der Waals surface area contributed by atoms with Gasteiger partial charge in [-0.3, -0.25) is 19.9 Å². The van der Waals surface area contributed by atoms with E-state index in [1.165, 1.54) is 16.3 Å². The van der Waals surface area contributed by atoms with Crippen LogP contribution < -0.4 is 0 Å². The predicted octanol–water partition coefficient (Wildman–Crippen LogP) is 12.8. The summed E-state index contributed by atoms with van der Waals surface area (Å²) in [6, 6.07) is 57.5. The Balaban J connectivity index is 1.16. The number of benzene rings is 4. The molecule has 0 aliphatic rings. The fourth-order valence-corrected chi connectivity index (χ4v) is 8.18. The largest absolute Gasteiger partial charge is 0.309 e. The van der Waals surface area contributed by atoms with Crippen molar-refractivity contribution in [1.82, 2.24) is 34.5 Å². The van der Waals surface area contributed by atoms with Gasteiger partial charge in [0.05, 0.1) is 33.8 Å². The van der Waals surface area contributed by atoms with Crippen molar-refractivity contribution < 1.29 is 0 Å². The molecule has 0 aliphatic carbocycles. The normalized spacial score (nSPS) is 11.3. The maximum absolute atomic E-state index is 5.14. The first-order valence-corrected chi connectivity index (χ1v) is 20.1. The standard InChI is InChI=1S/C54H35N7/c1-2-14-46(15-3-1)61-53-17-5-4-16-47(53)48-27-36(18-19-54(48)61)41-24-42(44-28-49(37-10-6-20-55-32-37)59-50(29-44)38-11-7-21-56-33-38)26-43(25-41)45-30-51(39-12-8-22-57-34-39)60-52(31-45)40-13-9-23-58-35-40/h1-35H. The number of para-hydroxylation sites is 2. The molecule has 0 atom stereocenters. The number of fused-ring (bicyclic) bond motifs is 3. The first-order valence-electron chi connectivity index (χ1n) is 20.1. The molecule has 0 N–H and O–H groups in total. The number of hydrogen-bond acceptors (Lipinski definition) is 6. The van der Waals surface area contributed by atoms with E-state index in [4.69, 9.17) is 9.97 Å². The molecule has 0 bridgehead atoms. The molecule has 7 nitrogen and oxygen atoms in total. The van der Waals surface area contributed by atoms with Gasteiger partial charge in [-0.1, -0.05) is 42.5 Å². The Morgan fingerprint density at radius 3 is 1.15 bits per heavy atom. The Hall–Kier alpha value is -8.42. The van der Waals surface area contributed by atoms with Crippen molar-refractivity contribution in [2.75, 3.05) is 0 Å². The van der Waals surface area contributed by atoms with Crippen LogP contribution in [0.2, 0.25) is 0 Å². The summed E-state index contributed by atoms with van der Waals surface area (Å²) in [5.74, 6) is 0. The summed E-state index contributed by atoms with van der Waals surface area (Å²) < 4.78 is 2.35. The van der Waals surface area contributed by atoms with Crippen LogP contribution in [0.5, 0.6) is 0 Å². The SMILES string of the molecule is c1ccc(-n2c3ccccc3c3cc(-c4cc(-c5cc(-c6cccnc6)nc(-c6cccnc6)c5)cc(-c5cc(-c6cccnc6)nc(-c6cccnc6)c5)c4)ccc32)cc1. The summed E-state index contributed by atoms with van der Waals surface area (Å²) in [4.78, 5) is 28.0. The molecule has 0 radical (unpaired) electrons. The third-order valence-corrected chi connectivity index (χ3v) is 11.1. The van der Waals surface area contributed by atoms with E-state index < -0.39 is 0 Å². The summed E-state index contributed by atoms with van der Waals surface area (Å²) in [6.07, 6.45) is 14.6. The van der Waals surface area contributed by atoms with Gasteiger partial charge in [0, 0.05) is 88.3 Å². The summed E-state index contributed by atoms with van der Waals surface area (Å²) >= 11 is 0. The van der Waals surface area contributed by atoms with Crippen molar-refractivity contribution in [1.29, 1.82) is 0 Å². The molecule has 11 aromatic rings. The number of rotatable bonds is 8. The van der Waals surface area contributed by atoms with E-state index in [1.807, 2.05) is 73.3 Å². The molecule has 7 heteroatoms. The van der Waals surface area contributed by atoms with Gasteiger partial charge in [0.2, 0.25) is 0 Å². The van der Waals surface area contributed by atoms with E-state index in [1.54, 1.807) is 24.8 Å². The lowest BCUT2D eigenvalue weighted by Crippen LogP contribution is -1.94. The Morgan fingerprint density at radius 1 is 0.279 bits per heavy atom. The van der Waals surface area contributed by atoms with E-state index in [9.17, 15) is 0 Å². The smallest absolute Gasteiger partial charge is 0.0731 e. The summed E-state index contributed by atoms with van der Waals surface area (Å²) in [7, 11) is 0. The third kappa shape index (κ3) is 6.90. The van der Waals surface area contributed by atoms with Gasteiger partial charge in [-0.2, -0.15) is 0 Å². The van der Waals surface area contributed by atoms with Gasteiger partial charge in [0.1, 0.15) is 0 Å². The summed E-state index contributed by atoms with van der Waals surface area (Å²) in [5, 5.41) is 2.39. The lowest BCUT2D eigenvalue weighted by molar-refractivity contribution is 1.18. The van der Waals surface area contributed by atoms with Crippen LogP contribution in [0.25, 0.3) is 106 Å². The van der Waals surface area contributed by atoms with E-state index in [-0.39, 0.29) is 0 Å². The zero-order valence-electron chi connectivity index (χ0n) is 32.8. The average Bonchev–Trinajstić information content (AvgIpc) is 3.68. The molecule has 7 aromatic heterocycles. The lowest BCUT2D eigenvalue weighted by Gasteiger charge is -2.15. The van der Waals surface area contributed by atoms with Gasteiger partial charge in [-0.15, -0.1) is 0 Å². The van der Waals surface area contributed by atoms with Crippen LogP contribution >= 0.6 is 0 Å². The van der Waals surface area contributed by atoms with Gasteiger partial charge in [-0.05, 0) is 155 Å². The van der Waals surface area contributed by atoms with E-state index in [0.717, 1.165) is 89.6 Å². The Kier molecular flexibility index (Phi) is 9.02. The first kappa shape index (κ1) is 35.7. The Morgan fingerprint density at radius 2 is 0.689 bits per heavy atom. The molecule has 4 aromatic carbocycles. The molecule has 0 aliphatic heterocycles. The molecule has 0 saturated heterocycles. The van der Waals surface area contributed by atoms with Crippen LogP contribution in [0, 0.1) is 0 Å². The second-order valence-corrected chi connectivity index (χ2v) is 14.9. The van der Waals surface area contributed by atoms with Crippen LogP contribution in [-0.2, 0) is 0 Å². The number of aromatic nitrogens is 7. The fourth-order valence-electron chi connectivity index (χ4n) is 8.18. The monoisotopic (exact) mass is 781 g/mol. The average molecular weight is 782 g/mol. The van der Waals surface area contributed by atoms with Gasteiger partial charge < -0.3 is 4.57 Å². The van der Waals surface area contributed by atoms with Crippen molar-refractivity contribution in [3.63, 3.8) is 0 Å². The minimum Gasteiger partial charge on any atom is -0.309 e. The van der Waals surface area contributed by atoms with Crippen molar-refractivity contribution >= 4 is 21.8 Å². The molecule has 0 spiro atoms. The minimum absolute atomic E-state index is 0.827. The maximum Gasteiger partial charge on any atom is 0.0731 e. The molecule has 0 fully saturated rings. The van der Waals surface area contributed by atoms with Crippen LogP contribution in [0.4, 0.5) is 0 Å². The van der Waals surface area contributed by atoms with Crippen LogP contribution in [0.15, 0.2) is 213 Å². The Bertz CT molecular complexity index is 3070. The quantitative estimate of drug-likeness (QED) is 0.153. The molecule has 0 unspecified atom stereocenters. The minimum atomic E-state index is 0.827. The zero-order chi connectivity index (χ0) is 40.5. The van der Waals surface area contributed by atoms with Crippen LogP contribution in [-0.4, -0.2) is 34.5 Å². The lowest BCUT2D eigenvalue weighted by atomic mass is 9.91. The Labute approximate surface area is 352 Å². The molecule has 61 heavy (non-hydrogen) atoms. The van der Waals surface area contributed by atoms with E-state index in [0.29, 0.717) is 0 Å². The van der Waals surface area contributed by atoms with Crippen molar-refractivity contribution in [2.24, 2.45) is 0 Å². The van der Waals surface area contributed by atoms with E-state index in [2.05, 4.69) is 140 Å². The highest BCUT2D eigenvalue weighted by Crippen LogP contribution is 2.40. The maximum atomic E-state index is 5.14. The van der Waals surface area contributed by atoms with Crippen molar-refractivity contribution in [3.05, 3.63) is 213 Å². The molecule has 11 rings (SSSR count). The van der Waals surface area contributed by atoms with E-state index >= 15 is 0 Å². The predicted molar refractivity (Wildman–Crippen MR) is 246 cm³/mol. The molecule has 7 heterocycles. The summed E-state index contributed by atoms with van der Waals surface area (Å²) in [5.41, 5.74) is 16.8. The highest BCUT2D eigenvalue weighted by Gasteiger charge is 2.17. The van der Waals surface area contributed by atoms with Gasteiger partial charge in [-0.25, -0.2) is 9.97 Å². The number of nitrogens with zero attached hydrogens (tertiary/aromatic N) is 7. The first-order chi connectivity index (χ1) is 30.2. The molecule has 286 valence electrons. The van der Waals surface area contributed by atoms with Gasteiger partial charge in [0.25, 0.3) is 0 Å². The van der Waals surface area contributed by atoms with Gasteiger partial charge >= 0.3 is 0 Å². The number of hydrogen-bond donors (Lipinski definition) is 0. The topological polar surface area (TPSA) is 82.3 Å². The molecular formula is C54H35N7. The molecular weight excluding hydrogens is 747 g/mol. The second kappa shape index (κ2) is 15.4. The fraction of sp³-hybridized carbons (Fsp3) is 0. The van der Waals surface area contributed by atoms with Gasteiger partial charge in [0.15, 0.2) is 0 Å².